The lowest BCUT2D eigenvalue weighted by Gasteiger charge is -2.15. The van der Waals surface area contributed by atoms with Crippen LogP contribution in [-0.4, -0.2) is 26.9 Å². The Kier molecular flexibility index (Phi) is 8.23. The fraction of sp³-hybridized carbons (Fsp3) is 0.278. The van der Waals surface area contributed by atoms with Crippen molar-refractivity contribution in [2.45, 2.75) is 30.8 Å². The van der Waals surface area contributed by atoms with E-state index >= 15 is 0 Å². The molecule has 8 heteroatoms. The number of carbonyl (C=O) groups excluding carboxylic acids is 1. The maximum Gasteiger partial charge on any atom is 0.251 e. The molecule has 0 aromatic heterocycles. The zero-order chi connectivity index (χ0) is 18.4. The Morgan fingerprint density at radius 1 is 1.08 bits per heavy atom. The minimum absolute atomic E-state index is 0. The van der Waals surface area contributed by atoms with Crippen molar-refractivity contribution in [3.05, 3.63) is 65.7 Å². The lowest BCUT2D eigenvalue weighted by atomic mass is 10.1. The molecule has 0 aliphatic carbocycles. The predicted molar refractivity (Wildman–Crippen MR) is 105 cm³/mol. The number of nitrogens with two attached hydrogens (primary N) is 1. The average Bonchev–Trinajstić information content (AvgIpc) is 2.62. The summed E-state index contributed by atoms with van der Waals surface area (Å²) in [6.45, 7) is 3.85. The molecule has 0 saturated heterocycles. The van der Waals surface area contributed by atoms with Gasteiger partial charge >= 0.3 is 0 Å². The first kappa shape index (κ1) is 22.1. The third kappa shape index (κ3) is 5.81. The van der Waals surface area contributed by atoms with Crippen LogP contribution >= 0.6 is 12.4 Å². The second-order valence-corrected chi connectivity index (χ2v) is 7.61. The number of halogens is 1. The molecule has 0 aliphatic heterocycles. The Balaban J connectivity index is 0.00000338. The van der Waals surface area contributed by atoms with E-state index in [0.717, 1.165) is 5.56 Å². The Hall–Kier alpha value is -1.93. The van der Waals surface area contributed by atoms with E-state index < -0.39 is 10.0 Å². The predicted octanol–water partition coefficient (Wildman–Crippen LogP) is 2.22. The van der Waals surface area contributed by atoms with Crippen molar-refractivity contribution in [3.8, 4) is 0 Å². The van der Waals surface area contributed by atoms with Gasteiger partial charge in [-0.3, -0.25) is 4.79 Å². The van der Waals surface area contributed by atoms with Crippen LogP contribution in [0, 0.1) is 0 Å². The van der Waals surface area contributed by atoms with Crippen molar-refractivity contribution < 1.29 is 13.2 Å². The van der Waals surface area contributed by atoms with Crippen LogP contribution in [0.3, 0.4) is 0 Å². The third-order valence-electron chi connectivity index (χ3n) is 3.77. The Labute approximate surface area is 160 Å². The van der Waals surface area contributed by atoms with E-state index in [1.54, 1.807) is 26.0 Å². The van der Waals surface area contributed by atoms with Gasteiger partial charge in [-0.2, -0.15) is 0 Å². The molecule has 2 rings (SSSR count). The summed E-state index contributed by atoms with van der Waals surface area (Å²) in [7, 11) is -3.75. The Morgan fingerprint density at radius 2 is 1.73 bits per heavy atom. The number of amides is 1. The molecule has 2 aromatic rings. The first-order valence-electron chi connectivity index (χ1n) is 8.01. The Bertz CT molecular complexity index is 829. The quantitative estimate of drug-likeness (QED) is 0.666. The molecule has 0 saturated carbocycles. The van der Waals surface area contributed by atoms with E-state index in [-0.39, 0.29) is 40.9 Å². The Morgan fingerprint density at radius 3 is 2.35 bits per heavy atom. The van der Waals surface area contributed by atoms with Gasteiger partial charge in [0.15, 0.2) is 0 Å². The fourth-order valence-corrected chi connectivity index (χ4v) is 3.56. The molecule has 142 valence electrons. The zero-order valence-electron chi connectivity index (χ0n) is 14.7. The van der Waals surface area contributed by atoms with Crippen LogP contribution in [0.15, 0.2) is 59.5 Å². The highest BCUT2D eigenvalue weighted by molar-refractivity contribution is 7.89. The van der Waals surface area contributed by atoms with E-state index in [0.29, 0.717) is 6.54 Å². The standard InChI is InChI=1S/C18H23N3O3S.ClH/c1-13(12-19)20-18(22)16-9-6-10-17(11-16)25(23,24)21-14(2)15-7-4-3-5-8-15;/h3-11,13-14,21H,12,19H2,1-2H3,(H,20,22);1H/t13-,14?;/m0./s1. The second-order valence-electron chi connectivity index (χ2n) is 5.89. The van der Waals surface area contributed by atoms with Gasteiger partial charge in [0.25, 0.3) is 5.91 Å². The highest BCUT2D eigenvalue weighted by atomic mass is 35.5. The van der Waals surface area contributed by atoms with Crippen molar-refractivity contribution in [1.29, 1.82) is 0 Å². The van der Waals surface area contributed by atoms with E-state index in [1.165, 1.54) is 12.1 Å². The summed E-state index contributed by atoms with van der Waals surface area (Å²) >= 11 is 0. The van der Waals surface area contributed by atoms with Crippen LogP contribution < -0.4 is 15.8 Å². The molecule has 0 heterocycles. The summed E-state index contributed by atoms with van der Waals surface area (Å²) in [6.07, 6.45) is 0. The minimum atomic E-state index is -3.75. The number of hydrogen-bond acceptors (Lipinski definition) is 4. The molecular weight excluding hydrogens is 374 g/mol. The lowest BCUT2D eigenvalue weighted by molar-refractivity contribution is 0.0941. The number of hydrogen-bond donors (Lipinski definition) is 3. The molecule has 0 radical (unpaired) electrons. The first-order valence-corrected chi connectivity index (χ1v) is 9.50. The summed E-state index contributed by atoms with van der Waals surface area (Å²) in [5.74, 6) is -0.355. The fourth-order valence-electron chi connectivity index (χ4n) is 2.28. The molecule has 0 aliphatic rings. The third-order valence-corrected chi connectivity index (χ3v) is 5.31. The minimum Gasteiger partial charge on any atom is -0.348 e. The van der Waals surface area contributed by atoms with Crippen molar-refractivity contribution in [2.24, 2.45) is 5.73 Å². The highest BCUT2D eigenvalue weighted by Crippen LogP contribution is 2.17. The van der Waals surface area contributed by atoms with Gasteiger partial charge in [0.1, 0.15) is 0 Å². The summed E-state index contributed by atoms with van der Waals surface area (Å²) in [4.78, 5) is 12.2. The normalized spacial score (nSPS) is 13.3. The summed E-state index contributed by atoms with van der Waals surface area (Å²) in [5, 5.41) is 2.71. The molecule has 0 bridgehead atoms. The van der Waals surface area contributed by atoms with Crippen LogP contribution in [-0.2, 0) is 10.0 Å². The molecule has 2 aromatic carbocycles. The molecular formula is C18H24ClN3O3S. The van der Waals surface area contributed by atoms with Crippen molar-refractivity contribution in [2.75, 3.05) is 6.54 Å². The second kappa shape index (κ2) is 9.68. The summed E-state index contributed by atoms with van der Waals surface area (Å²) in [6, 6.07) is 14.6. The SMILES string of the molecule is CC(NS(=O)(=O)c1cccc(C(=O)N[C@@H](C)CN)c1)c1ccccc1.Cl. The number of rotatable bonds is 7. The van der Waals surface area contributed by atoms with Gasteiger partial charge in [0, 0.05) is 24.2 Å². The number of nitrogens with one attached hydrogen (secondary N) is 2. The molecule has 26 heavy (non-hydrogen) atoms. The van der Waals surface area contributed by atoms with Gasteiger partial charge in [0.2, 0.25) is 10.0 Å². The molecule has 4 N–H and O–H groups in total. The van der Waals surface area contributed by atoms with Gasteiger partial charge in [-0.1, -0.05) is 36.4 Å². The largest absolute Gasteiger partial charge is 0.348 e. The number of benzene rings is 2. The van der Waals surface area contributed by atoms with Crippen LogP contribution in [0.1, 0.15) is 35.8 Å². The maximum atomic E-state index is 12.6. The maximum absolute atomic E-state index is 12.6. The number of sulfonamides is 1. The lowest BCUT2D eigenvalue weighted by Crippen LogP contribution is -2.37. The van der Waals surface area contributed by atoms with E-state index in [9.17, 15) is 13.2 Å². The monoisotopic (exact) mass is 397 g/mol. The summed E-state index contributed by atoms with van der Waals surface area (Å²) < 4.78 is 27.8. The molecule has 1 amide bonds. The van der Waals surface area contributed by atoms with Crippen molar-refractivity contribution >= 4 is 28.3 Å². The van der Waals surface area contributed by atoms with Crippen LogP contribution in [0.4, 0.5) is 0 Å². The van der Waals surface area contributed by atoms with Crippen LogP contribution in [0.2, 0.25) is 0 Å². The molecule has 0 fully saturated rings. The molecule has 6 nitrogen and oxygen atoms in total. The van der Waals surface area contributed by atoms with Crippen LogP contribution in [0.5, 0.6) is 0 Å². The van der Waals surface area contributed by atoms with E-state index in [2.05, 4.69) is 10.0 Å². The molecule has 0 spiro atoms. The van der Waals surface area contributed by atoms with Gasteiger partial charge in [0.05, 0.1) is 4.90 Å². The first-order chi connectivity index (χ1) is 11.8. The zero-order valence-corrected chi connectivity index (χ0v) is 16.3. The van der Waals surface area contributed by atoms with E-state index in [1.807, 2.05) is 30.3 Å². The molecule has 1 unspecified atom stereocenters. The smallest absolute Gasteiger partial charge is 0.251 e. The van der Waals surface area contributed by atoms with Gasteiger partial charge in [-0.15, -0.1) is 12.4 Å². The van der Waals surface area contributed by atoms with Crippen molar-refractivity contribution in [3.63, 3.8) is 0 Å². The van der Waals surface area contributed by atoms with Gasteiger partial charge in [-0.25, -0.2) is 13.1 Å². The number of carbonyl (C=O) groups is 1. The summed E-state index contributed by atoms with van der Waals surface area (Å²) in [5.41, 5.74) is 6.62. The van der Waals surface area contributed by atoms with E-state index in [4.69, 9.17) is 5.73 Å². The average molecular weight is 398 g/mol. The van der Waals surface area contributed by atoms with Gasteiger partial charge in [-0.05, 0) is 37.6 Å². The van der Waals surface area contributed by atoms with Crippen LogP contribution in [0.25, 0.3) is 0 Å². The highest BCUT2D eigenvalue weighted by Gasteiger charge is 2.20. The molecule has 2 atom stereocenters. The van der Waals surface area contributed by atoms with Crippen molar-refractivity contribution in [1.82, 2.24) is 10.0 Å². The topological polar surface area (TPSA) is 101 Å². The van der Waals surface area contributed by atoms with Gasteiger partial charge < -0.3 is 11.1 Å².